The van der Waals surface area contributed by atoms with Gasteiger partial charge in [-0.25, -0.2) is 4.79 Å². The lowest BCUT2D eigenvalue weighted by Gasteiger charge is -2.21. The molecular formula is C17H20N2O5. The Morgan fingerprint density at radius 3 is 2.42 bits per heavy atom. The lowest BCUT2D eigenvalue weighted by Crippen LogP contribution is -2.44. The van der Waals surface area contributed by atoms with Crippen molar-refractivity contribution in [2.24, 2.45) is 11.8 Å². The molecule has 0 spiro atoms. The van der Waals surface area contributed by atoms with Gasteiger partial charge in [0, 0.05) is 6.20 Å². The second-order valence-corrected chi connectivity index (χ2v) is 6.33. The predicted molar refractivity (Wildman–Crippen MR) is 82.8 cm³/mol. The number of H-pyrrole nitrogens is 1. The molecule has 3 rings (SSSR count). The zero-order valence-corrected chi connectivity index (χ0v) is 13.5. The number of hydrogen-bond acceptors (Lipinski definition) is 5. The minimum atomic E-state index is -1.01. The standard InChI is InChI=1S/C17H20N2O5/c1-10(17(23)24-9-14(20)13-7-4-8-18-13)19-15(21)11-5-2-3-6-12(11)16(19)22/h4,7-8,10-12,18H,2-3,5-6,9H2,1H3/t10-,11-,12+/m0/s1. The van der Waals surface area contributed by atoms with Gasteiger partial charge in [-0.05, 0) is 31.9 Å². The van der Waals surface area contributed by atoms with Crippen LogP contribution in [0.2, 0.25) is 0 Å². The van der Waals surface area contributed by atoms with Crippen LogP contribution >= 0.6 is 0 Å². The molecule has 1 aromatic rings. The van der Waals surface area contributed by atoms with E-state index in [-0.39, 0.29) is 29.4 Å². The summed E-state index contributed by atoms with van der Waals surface area (Å²) in [5, 5.41) is 0. The molecule has 3 atom stereocenters. The molecule has 1 saturated carbocycles. The summed E-state index contributed by atoms with van der Waals surface area (Å²) in [6.07, 6.45) is 4.84. The van der Waals surface area contributed by atoms with Crippen molar-refractivity contribution in [3.8, 4) is 0 Å². The molecule has 1 aliphatic carbocycles. The predicted octanol–water partition coefficient (Wildman–Crippen LogP) is 1.30. The van der Waals surface area contributed by atoms with Gasteiger partial charge in [0.1, 0.15) is 6.04 Å². The number of imide groups is 1. The molecule has 0 bridgehead atoms. The number of esters is 1. The quantitative estimate of drug-likeness (QED) is 0.498. The number of amides is 2. The number of fused-ring (bicyclic) bond motifs is 1. The van der Waals surface area contributed by atoms with Gasteiger partial charge in [0.25, 0.3) is 0 Å². The van der Waals surface area contributed by atoms with Crippen LogP contribution in [0.5, 0.6) is 0 Å². The lowest BCUT2D eigenvalue weighted by atomic mass is 9.81. The molecule has 1 aliphatic heterocycles. The number of Topliss-reactive ketones (excluding diaryl/α,β-unsaturated/α-hetero) is 1. The summed E-state index contributed by atoms with van der Waals surface area (Å²) in [5.41, 5.74) is 0.342. The Kier molecular flexibility index (Phi) is 4.51. The summed E-state index contributed by atoms with van der Waals surface area (Å²) < 4.78 is 5.00. The number of ketones is 1. The molecule has 1 N–H and O–H groups in total. The number of nitrogens with zero attached hydrogens (tertiary/aromatic N) is 1. The van der Waals surface area contributed by atoms with Crippen molar-refractivity contribution in [1.29, 1.82) is 0 Å². The summed E-state index contributed by atoms with van der Waals surface area (Å²) in [4.78, 5) is 52.7. The average Bonchev–Trinajstić information content (AvgIpc) is 3.20. The second-order valence-electron chi connectivity index (χ2n) is 6.33. The number of carbonyl (C=O) groups is 4. The summed E-state index contributed by atoms with van der Waals surface area (Å²) in [6, 6.07) is 2.24. The number of nitrogens with one attached hydrogen (secondary N) is 1. The summed E-state index contributed by atoms with van der Waals surface area (Å²) in [7, 11) is 0. The molecule has 0 unspecified atom stereocenters. The van der Waals surface area contributed by atoms with E-state index in [1.165, 1.54) is 6.92 Å². The summed E-state index contributed by atoms with van der Waals surface area (Å²) >= 11 is 0. The van der Waals surface area contributed by atoms with Crippen molar-refractivity contribution >= 4 is 23.6 Å². The van der Waals surface area contributed by atoms with Gasteiger partial charge >= 0.3 is 5.97 Å². The molecule has 0 radical (unpaired) electrons. The van der Waals surface area contributed by atoms with Gasteiger partial charge in [-0.1, -0.05) is 12.8 Å². The third-order valence-corrected chi connectivity index (χ3v) is 4.85. The third-order valence-electron chi connectivity index (χ3n) is 4.85. The highest BCUT2D eigenvalue weighted by atomic mass is 16.5. The van der Waals surface area contributed by atoms with Crippen molar-refractivity contribution in [3.63, 3.8) is 0 Å². The Labute approximate surface area is 139 Å². The molecule has 7 heteroatoms. The van der Waals surface area contributed by atoms with E-state index < -0.39 is 18.6 Å². The molecule has 128 valence electrons. The Morgan fingerprint density at radius 2 is 1.88 bits per heavy atom. The maximum Gasteiger partial charge on any atom is 0.329 e. The number of hydrogen-bond donors (Lipinski definition) is 1. The van der Waals surface area contributed by atoms with E-state index in [9.17, 15) is 19.2 Å². The fraction of sp³-hybridized carbons (Fsp3) is 0.529. The SMILES string of the molecule is C[C@@H](C(=O)OCC(=O)c1ccc[nH]1)N1C(=O)[C@H]2CCCC[C@H]2C1=O. The highest BCUT2D eigenvalue weighted by Crippen LogP contribution is 2.38. The molecule has 2 heterocycles. The van der Waals surface area contributed by atoms with Crippen molar-refractivity contribution in [3.05, 3.63) is 24.0 Å². The van der Waals surface area contributed by atoms with E-state index >= 15 is 0 Å². The van der Waals surface area contributed by atoms with Crippen molar-refractivity contribution in [2.45, 2.75) is 38.6 Å². The van der Waals surface area contributed by atoms with E-state index in [0.717, 1.165) is 17.7 Å². The maximum absolute atomic E-state index is 12.4. The molecule has 0 aromatic carbocycles. The van der Waals surface area contributed by atoms with Gasteiger partial charge in [-0.15, -0.1) is 0 Å². The highest BCUT2D eigenvalue weighted by Gasteiger charge is 2.51. The Hall–Kier alpha value is -2.44. The van der Waals surface area contributed by atoms with E-state index in [1.807, 2.05) is 0 Å². The minimum Gasteiger partial charge on any atom is -0.456 e. The fourth-order valence-corrected chi connectivity index (χ4v) is 3.51. The van der Waals surface area contributed by atoms with Crippen molar-refractivity contribution in [1.82, 2.24) is 9.88 Å². The second kappa shape index (κ2) is 6.59. The Morgan fingerprint density at radius 1 is 1.25 bits per heavy atom. The minimum absolute atomic E-state index is 0.287. The van der Waals surface area contributed by atoms with Crippen molar-refractivity contribution in [2.75, 3.05) is 6.61 Å². The van der Waals surface area contributed by atoms with E-state index in [1.54, 1.807) is 18.3 Å². The van der Waals surface area contributed by atoms with Gasteiger partial charge in [0.05, 0.1) is 17.5 Å². The first-order chi connectivity index (χ1) is 11.5. The van der Waals surface area contributed by atoms with Gasteiger partial charge in [-0.2, -0.15) is 0 Å². The van der Waals surface area contributed by atoms with Gasteiger partial charge in [-0.3, -0.25) is 19.3 Å². The van der Waals surface area contributed by atoms with Crippen LogP contribution in [0.25, 0.3) is 0 Å². The first-order valence-corrected chi connectivity index (χ1v) is 8.21. The van der Waals surface area contributed by atoms with E-state index in [0.29, 0.717) is 18.5 Å². The number of likely N-dealkylation sites (tertiary alicyclic amines) is 1. The topological polar surface area (TPSA) is 96.5 Å². The van der Waals surface area contributed by atoms with Crippen LogP contribution in [0.15, 0.2) is 18.3 Å². The van der Waals surface area contributed by atoms with Crippen LogP contribution in [-0.2, 0) is 19.1 Å². The maximum atomic E-state index is 12.4. The largest absolute Gasteiger partial charge is 0.456 e. The van der Waals surface area contributed by atoms with E-state index in [4.69, 9.17) is 4.74 Å². The zero-order chi connectivity index (χ0) is 17.3. The molecule has 24 heavy (non-hydrogen) atoms. The van der Waals surface area contributed by atoms with Crippen LogP contribution in [0, 0.1) is 11.8 Å². The molecule has 1 saturated heterocycles. The highest BCUT2D eigenvalue weighted by molar-refractivity contribution is 6.08. The molecule has 2 amide bonds. The Balaban J connectivity index is 1.62. The van der Waals surface area contributed by atoms with Gasteiger partial charge < -0.3 is 9.72 Å². The van der Waals surface area contributed by atoms with Crippen LogP contribution in [-0.4, -0.2) is 46.1 Å². The molecule has 7 nitrogen and oxygen atoms in total. The Bertz CT molecular complexity index is 643. The monoisotopic (exact) mass is 332 g/mol. The number of ether oxygens (including phenoxy) is 1. The number of carbonyl (C=O) groups excluding carboxylic acids is 4. The van der Waals surface area contributed by atoms with Crippen molar-refractivity contribution < 1.29 is 23.9 Å². The average molecular weight is 332 g/mol. The molecular weight excluding hydrogens is 312 g/mol. The molecule has 2 fully saturated rings. The fourth-order valence-electron chi connectivity index (χ4n) is 3.51. The number of aromatic amines is 1. The smallest absolute Gasteiger partial charge is 0.329 e. The molecule has 2 aliphatic rings. The van der Waals surface area contributed by atoms with Crippen LogP contribution < -0.4 is 0 Å². The molecule has 1 aromatic heterocycles. The number of aromatic nitrogens is 1. The first-order valence-electron chi connectivity index (χ1n) is 8.21. The van der Waals surface area contributed by atoms with E-state index in [2.05, 4.69) is 4.98 Å². The first kappa shape index (κ1) is 16.4. The van der Waals surface area contributed by atoms with Crippen LogP contribution in [0.4, 0.5) is 0 Å². The summed E-state index contributed by atoms with van der Waals surface area (Å²) in [6.45, 7) is 1.04. The summed E-state index contributed by atoms with van der Waals surface area (Å²) in [5.74, 6) is -2.29. The normalized spacial score (nSPS) is 24.6. The van der Waals surface area contributed by atoms with Crippen LogP contribution in [0.3, 0.4) is 0 Å². The zero-order valence-electron chi connectivity index (χ0n) is 13.5. The van der Waals surface area contributed by atoms with Gasteiger partial charge in [0.2, 0.25) is 17.6 Å². The van der Waals surface area contributed by atoms with Gasteiger partial charge in [0.15, 0.2) is 6.61 Å². The lowest BCUT2D eigenvalue weighted by molar-refractivity contribution is -0.157. The number of rotatable bonds is 5. The van der Waals surface area contributed by atoms with Crippen LogP contribution in [0.1, 0.15) is 43.1 Å². The third kappa shape index (κ3) is 2.86.